The molecule has 1 aliphatic rings. The van der Waals surface area contributed by atoms with Gasteiger partial charge in [-0.15, -0.1) is 11.3 Å². The minimum atomic E-state index is -0.162. The number of thiazole rings is 1. The molecular weight excluding hydrogens is 271 g/mol. The van der Waals surface area contributed by atoms with E-state index in [0.717, 1.165) is 23.5 Å². The summed E-state index contributed by atoms with van der Waals surface area (Å²) < 4.78 is 13.7. The molecule has 4 heteroatoms. The Balaban J connectivity index is 1.89. The Kier molecular flexibility index (Phi) is 3.38. The predicted molar refractivity (Wildman–Crippen MR) is 80.4 cm³/mol. The van der Waals surface area contributed by atoms with Crippen LogP contribution in [0.15, 0.2) is 24.3 Å². The standard InChI is InChI=1S/C16H19FN2S/c1-16(2)8-12(18)15-13(9-16)19-14(20-15)7-10-5-3-4-6-11(10)17/h3-6,12H,7-9,18H2,1-2H3. The molecule has 2 N–H and O–H groups in total. The summed E-state index contributed by atoms with van der Waals surface area (Å²) in [6.07, 6.45) is 2.50. The van der Waals surface area contributed by atoms with E-state index in [2.05, 4.69) is 13.8 Å². The van der Waals surface area contributed by atoms with E-state index >= 15 is 0 Å². The number of halogens is 1. The van der Waals surface area contributed by atoms with Gasteiger partial charge in [0.25, 0.3) is 0 Å². The van der Waals surface area contributed by atoms with E-state index < -0.39 is 0 Å². The van der Waals surface area contributed by atoms with Crippen molar-refractivity contribution < 1.29 is 4.39 Å². The number of hydrogen-bond donors (Lipinski definition) is 1. The Hall–Kier alpha value is -1.26. The van der Waals surface area contributed by atoms with Crippen molar-refractivity contribution >= 4 is 11.3 Å². The van der Waals surface area contributed by atoms with Crippen LogP contribution in [0.3, 0.4) is 0 Å². The van der Waals surface area contributed by atoms with Crippen LogP contribution in [0.4, 0.5) is 4.39 Å². The molecule has 1 aliphatic carbocycles. The van der Waals surface area contributed by atoms with Crippen LogP contribution in [0.2, 0.25) is 0 Å². The monoisotopic (exact) mass is 290 g/mol. The molecule has 2 nitrogen and oxygen atoms in total. The van der Waals surface area contributed by atoms with E-state index in [1.807, 2.05) is 12.1 Å². The minimum Gasteiger partial charge on any atom is -0.323 e. The number of rotatable bonds is 2. The number of aromatic nitrogens is 1. The molecule has 1 atom stereocenters. The molecule has 0 spiro atoms. The summed E-state index contributed by atoms with van der Waals surface area (Å²) in [4.78, 5) is 5.90. The zero-order valence-corrected chi connectivity index (χ0v) is 12.6. The van der Waals surface area contributed by atoms with Crippen molar-refractivity contribution in [1.82, 2.24) is 4.98 Å². The fraction of sp³-hybridized carbons (Fsp3) is 0.438. The second-order valence-corrected chi connectivity index (χ2v) is 7.45. The number of hydrogen-bond acceptors (Lipinski definition) is 3. The molecule has 1 aromatic carbocycles. The first-order valence-electron chi connectivity index (χ1n) is 6.92. The van der Waals surface area contributed by atoms with Crippen molar-refractivity contribution in [2.75, 3.05) is 0 Å². The zero-order chi connectivity index (χ0) is 14.3. The van der Waals surface area contributed by atoms with Gasteiger partial charge in [0.1, 0.15) is 5.82 Å². The lowest BCUT2D eigenvalue weighted by atomic mass is 9.77. The van der Waals surface area contributed by atoms with Gasteiger partial charge < -0.3 is 5.73 Å². The minimum absolute atomic E-state index is 0.0700. The average molecular weight is 290 g/mol. The third-order valence-electron chi connectivity index (χ3n) is 3.83. The Bertz CT molecular complexity index is 633. The molecule has 20 heavy (non-hydrogen) atoms. The lowest BCUT2D eigenvalue weighted by Crippen LogP contribution is -2.28. The average Bonchev–Trinajstić information content (AvgIpc) is 2.73. The fourth-order valence-corrected chi connectivity index (χ4v) is 4.03. The van der Waals surface area contributed by atoms with Crippen molar-refractivity contribution in [3.63, 3.8) is 0 Å². The van der Waals surface area contributed by atoms with Crippen LogP contribution in [0.5, 0.6) is 0 Å². The van der Waals surface area contributed by atoms with E-state index in [-0.39, 0.29) is 17.3 Å². The second kappa shape index (κ2) is 4.93. The first kappa shape index (κ1) is 13.7. The van der Waals surface area contributed by atoms with Crippen molar-refractivity contribution in [2.24, 2.45) is 11.1 Å². The Morgan fingerprint density at radius 3 is 2.90 bits per heavy atom. The van der Waals surface area contributed by atoms with Crippen LogP contribution < -0.4 is 5.73 Å². The maximum absolute atomic E-state index is 13.7. The van der Waals surface area contributed by atoms with Gasteiger partial charge in [0.05, 0.1) is 10.7 Å². The molecule has 1 unspecified atom stereocenters. The van der Waals surface area contributed by atoms with Gasteiger partial charge in [0.15, 0.2) is 0 Å². The van der Waals surface area contributed by atoms with Crippen LogP contribution in [-0.2, 0) is 12.8 Å². The van der Waals surface area contributed by atoms with Gasteiger partial charge in [-0.3, -0.25) is 0 Å². The van der Waals surface area contributed by atoms with Crippen molar-refractivity contribution in [3.8, 4) is 0 Å². The maximum Gasteiger partial charge on any atom is 0.126 e. The summed E-state index contributed by atoms with van der Waals surface area (Å²) >= 11 is 1.64. The van der Waals surface area contributed by atoms with Crippen LogP contribution in [0.1, 0.15) is 47.5 Å². The van der Waals surface area contributed by atoms with E-state index in [4.69, 9.17) is 10.7 Å². The molecule has 2 aromatic rings. The lowest BCUT2D eigenvalue weighted by Gasteiger charge is -2.32. The SMILES string of the molecule is CC1(C)Cc2nc(Cc3ccccc3F)sc2C(N)C1. The summed E-state index contributed by atoms with van der Waals surface area (Å²) in [5.41, 5.74) is 8.28. The highest BCUT2D eigenvalue weighted by Crippen LogP contribution is 2.42. The Morgan fingerprint density at radius 2 is 2.15 bits per heavy atom. The molecule has 1 aromatic heterocycles. The molecule has 0 bridgehead atoms. The molecule has 0 saturated heterocycles. The number of benzene rings is 1. The molecule has 3 rings (SSSR count). The fourth-order valence-electron chi connectivity index (χ4n) is 2.92. The number of nitrogens with zero attached hydrogens (tertiary/aromatic N) is 1. The summed E-state index contributed by atoms with van der Waals surface area (Å²) in [5, 5.41) is 0.966. The molecule has 0 fully saturated rings. The van der Waals surface area contributed by atoms with Crippen LogP contribution in [0, 0.1) is 11.2 Å². The third kappa shape index (κ3) is 2.63. The van der Waals surface area contributed by atoms with Gasteiger partial charge in [-0.05, 0) is 29.9 Å². The van der Waals surface area contributed by atoms with Gasteiger partial charge in [-0.1, -0.05) is 32.0 Å². The second-order valence-electron chi connectivity index (χ2n) is 6.34. The first-order chi connectivity index (χ1) is 9.44. The quantitative estimate of drug-likeness (QED) is 0.912. The highest BCUT2D eigenvalue weighted by molar-refractivity contribution is 7.11. The molecule has 0 aliphatic heterocycles. The number of nitrogens with two attached hydrogens (primary N) is 1. The smallest absolute Gasteiger partial charge is 0.126 e. The van der Waals surface area contributed by atoms with E-state index in [1.165, 1.54) is 10.9 Å². The van der Waals surface area contributed by atoms with E-state index in [0.29, 0.717) is 12.0 Å². The maximum atomic E-state index is 13.7. The van der Waals surface area contributed by atoms with Crippen LogP contribution in [0.25, 0.3) is 0 Å². The van der Waals surface area contributed by atoms with Gasteiger partial charge >= 0.3 is 0 Å². The number of fused-ring (bicyclic) bond motifs is 1. The highest BCUT2D eigenvalue weighted by Gasteiger charge is 2.33. The molecule has 0 radical (unpaired) electrons. The summed E-state index contributed by atoms with van der Waals surface area (Å²) in [6.45, 7) is 4.46. The molecule has 0 saturated carbocycles. The van der Waals surface area contributed by atoms with Crippen molar-refractivity contribution in [2.45, 2.75) is 39.2 Å². The highest BCUT2D eigenvalue weighted by atomic mass is 32.1. The largest absolute Gasteiger partial charge is 0.323 e. The topological polar surface area (TPSA) is 38.9 Å². The summed E-state index contributed by atoms with van der Waals surface area (Å²) in [7, 11) is 0. The first-order valence-corrected chi connectivity index (χ1v) is 7.74. The van der Waals surface area contributed by atoms with Gasteiger partial charge in [-0.25, -0.2) is 9.37 Å². The van der Waals surface area contributed by atoms with E-state index in [1.54, 1.807) is 17.4 Å². The van der Waals surface area contributed by atoms with Gasteiger partial charge in [0, 0.05) is 17.3 Å². The summed E-state index contributed by atoms with van der Waals surface area (Å²) in [5.74, 6) is -0.162. The summed E-state index contributed by atoms with van der Waals surface area (Å²) in [6, 6.07) is 6.96. The molecule has 106 valence electrons. The molecule has 0 amide bonds. The Labute approximate surface area is 122 Å². The van der Waals surface area contributed by atoms with Crippen LogP contribution >= 0.6 is 11.3 Å². The van der Waals surface area contributed by atoms with Crippen molar-refractivity contribution in [3.05, 3.63) is 51.2 Å². The lowest BCUT2D eigenvalue weighted by molar-refractivity contribution is 0.282. The van der Waals surface area contributed by atoms with Gasteiger partial charge in [-0.2, -0.15) is 0 Å². The molecular formula is C16H19FN2S. The van der Waals surface area contributed by atoms with Gasteiger partial charge in [0.2, 0.25) is 0 Å². The third-order valence-corrected chi connectivity index (χ3v) is 5.06. The van der Waals surface area contributed by atoms with Crippen molar-refractivity contribution in [1.29, 1.82) is 0 Å². The molecule has 1 heterocycles. The Morgan fingerprint density at radius 1 is 1.40 bits per heavy atom. The van der Waals surface area contributed by atoms with Crippen LogP contribution in [-0.4, -0.2) is 4.98 Å². The predicted octanol–water partition coefficient (Wildman–Crippen LogP) is 3.85. The zero-order valence-electron chi connectivity index (χ0n) is 11.8. The normalized spacial score (nSPS) is 20.7. The van der Waals surface area contributed by atoms with E-state index in [9.17, 15) is 4.39 Å².